The van der Waals surface area contributed by atoms with Crippen LogP contribution in [0.2, 0.25) is 0 Å². The molecule has 0 spiro atoms. The fourth-order valence-electron chi connectivity index (χ4n) is 2.41. The minimum atomic E-state index is -0.458. The van der Waals surface area contributed by atoms with E-state index in [2.05, 4.69) is 6.58 Å². The summed E-state index contributed by atoms with van der Waals surface area (Å²) in [4.78, 5) is 13.6. The zero-order valence-electron chi connectivity index (χ0n) is 11.1. The first-order chi connectivity index (χ1) is 9.13. The Hall–Kier alpha value is -1.68. The molecule has 19 heavy (non-hydrogen) atoms. The highest BCUT2D eigenvalue weighted by molar-refractivity contribution is 6.00. The second kappa shape index (κ2) is 5.97. The summed E-state index contributed by atoms with van der Waals surface area (Å²) in [6.07, 6.45) is 2.70. The number of Topliss-reactive ketones (excluding diaryl/α,β-unsaturated/α-hetero) is 1. The third kappa shape index (κ3) is 3.01. The van der Waals surface area contributed by atoms with Crippen molar-refractivity contribution in [2.45, 2.75) is 19.4 Å². The first-order valence-electron chi connectivity index (χ1n) is 6.40. The average Bonchev–Trinajstić information content (AvgIpc) is 2.84. The smallest absolute Gasteiger partial charge is 0.164 e. The minimum absolute atomic E-state index is 0.112. The molecule has 0 bridgehead atoms. The molecule has 1 aromatic carbocycles. The zero-order chi connectivity index (χ0) is 13.8. The van der Waals surface area contributed by atoms with Gasteiger partial charge in [-0.05, 0) is 25.5 Å². The van der Waals surface area contributed by atoms with E-state index in [0.717, 1.165) is 13.0 Å². The van der Waals surface area contributed by atoms with E-state index in [4.69, 9.17) is 4.74 Å². The lowest BCUT2D eigenvalue weighted by atomic mass is 10.1. The van der Waals surface area contributed by atoms with Gasteiger partial charge in [-0.2, -0.15) is 0 Å². The highest BCUT2D eigenvalue weighted by Gasteiger charge is 2.26. The molecule has 1 saturated heterocycles. The Morgan fingerprint density at radius 2 is 2.42 bits per heavy atom. The predicted octanol–water partition coefficient (Wildman–Crippen LogP) is 2.81. The number of anilines is 1. The standard InChI is InChI=1S/C15H18FNO2/c1-3-9-19-12-7-8-17(10-12)14-6-4-5-13(16)15(14)11(2)18/h3-6,12H,1,7-10H2,2H3. The Kier molecular flexibility index (Phi) is 4.32. The maximum absolute atomic E-state index is 13.8. The number of carbonyl (C=O) groups is 1. The number of rotatable bonds is 5. The molecule has 1 unspecified atom stereocenters. The van der Waals surface area contributed by atoms with E-state index >= 15 is 0 Å². The first-order valence-corrected chi connectivity index (χ1v) is 6.40. The van der Waals surface area contributed by atoms with Crippen molar-refractivity contribution < 1.29 is 13.9 Å². The predicted molar refractivity (Wildman–Crippen MR) is 73.2 cm³/mol. The van der Waals surface area contributed by atoms with E-state index in [0.29, 0.717) is 18.8 Å². The Bertz CT molecular complexity index is 487. The normalized spacial score (nSPS) is 18.6. The van der Waals surface area contributed by atoms with Gasteiger partial charge in [0.25, 0.3) is 0 Å². The van der Waals surface area contributed by atoms with Crippen LogP contribution < -0.4 is 4.90 Å². The quantitative estimate of drug-likeness (QED) is 0.604. The van der Waals surface area contributed by atoms with Crippen LogP contribution in [0.4, 0.5) is 10.1 Å². The molecular formula is C15H18FNO2. The number of nitrogens with zero attached hydrogens (tertiary/aromatic N) is 1. The molecule has 3 nitrogen and oxygen atoms in total. The van der Waals surface area contributed by atoms with Crippen LogP contribution in [0.1, 0.15) is 23.7 Å². The molecule has 1 aliphatic heterocycles. The Morgan fingerprint density at radius 1 is 1.63 bits per heavy atom. The highest BCUT2D eigenvalue weighted by Crippen LogP contribution is 2.27. The number of benzene rings is 1. The summed E-state index contributed by atoms with van der Waals surface area (Å²) in [6, 6.07) is 4.74. The van der Waals surface area contributed by atoms with Gasteiger partial charge in [-0.25, -0.2) is 4.39 Å². The van der Waals surface area contributed by atoms with E-state index in [9.17, 15) is 9.18 Å². The third-order valence-corrected chi connectivity index (χ3v) is 3.28. The van der Waals surface area contributed by atoms with Gasteiger partial charge in [0.15, 0.2) is 5.78 Å². The Morgan fingerprint density at radius 3 is 3.11 bits per heavy atom. The fourth-order valence-corrected chi connectivity index (χ4v) is 2.41. The minimum Gasteiger partial charge on any atom is -0.372 e. The molecule has 4 heteroatoms. The summed E-state index contributed by atoms with van der Waals surface area (Å²) in [6.45, 7) is 6.97. The van der Waals surface area contributed by atoms with Crippen LogP contribution in [0.15, 0.2) is 30.9 Å². The van der Waals surface area contributed by atoms with Crippen molar-refractivity contribution in [2.75, 3.05) is 24.6 Å². The van der Waals surface area contributed by atoms with E-state index in [1.165, 1.54) is 13.0 Å². The number of hydrogen-bond donors (Lipinski definition) is 0. The summed E-state index contributed by atoms with van der Waals surface area (Å²) >= 11 is 0. The molecule has 1 fully saturated rings. The second-order valence-electron chi connectivity index (χ2n) is 4.67. The molecule has 2 rings (SSSR count). The Balaban J connectivity index is 2.17. The van der Waals surface area contributed by atoms with Crippen molar-refractivity contribution in [2.24, 2.45) is 0 Å². The van der Waals surface area contributed by atoms with Gasteiger partial charge in [0, 0.05) is 13.1 Å². The summed E-state index contributed by atoms with van der Waals surface area (Å²) in [7, 11) is 0. The van der Waals surface area contributed by atoms with Gasteiger partial charge < -0.3 is 9.64 Å². The van der Waals surface area contributed by atoms with Crippen LogP contribution >= 0.6 is 0 Å². The fraction of sp³-hybridized carbons (Fsp3) is 0.400. The molecule has 1 aromatic rings. The van der Waals surface area contributed by atoms with E-state index in [-0.39, 0.29) is 17.5 Å². The monoisotopic (exact) mass is 263 g/mol. The number of halogens is 1. The average molecular weight is 263 g/mol. The van der Waals surface area contributed by atoms with Gasteiger partial charge in [0.1, 0.15) is 5.82 Å². The van der Waals surface area contributed by atoms with Gasteiger partial charge in [-0.15, -0.1) is 6.58 Å². The van der Waals surface area contributed by atoms with Gasteiger partial charge >= 0.3 is 0 Å². The molecule has 102 valence electrons. The molecule has 0 aromatic heterocycles. The van der Waals surface area contributed by atoms with Crippen LogP contribution in [0.3, 0.4) is 0 Å². The van der Waals surface area contributed by atoms with Crippen LogP contribution in [0.5, 0.6) is 0 Å². The van der Waals surface area contributed by atoms with Crippen LogP contribution in [0, 0.1) is 5.82 Å². The van der Waals surface area contributed by atoms with Crippen LogP contribution in [0.25, 0.3) is 0 Å². The van der Waals surface area contributed by atoms with Crippen LogP contribution in [-0.2, 0) is 4.74 Å². The second-order valence-corrected chi connectivity index (χ2v) is 4.67. The Labute approximate surface area is 112 Å². The summed E-state index contributed by atoms with van der Waals surface area (Å²) in [5.41, 5.74) is 0.837. The van der Waals surface area contributed by atoms with Crippen molar-refractivity contribution in [1.29, 1.82) is 0 Å². The van der Waals surface area contributed by atoms with Crippen LogP contribution in [-0.4, -0.2) is 31.6 Å². The van der Waals surface area contributed by atoms with E-state index < -0.39 is 5.82 Å². The van der Waals surface area contributed by atoms with E-state index in [1.807, 2.05) is 4.90 Å². The molecule has 0 saturated carbocycles. The summed E-state index contributed by atoms with van der Waals surface area (Å²) in [5, 5.41) is 0. The molecule has 0 amide bonds. The number of ketones is 1. The van der Waals surface area contributed by atoms with E-state index in [1.54, 1.807) is 18.2 Å². The lowest BCUT2D eigenvalue weighted by molar-refractivity contribution is 0.0908. The largest absolute Gasteiger partial charge is 0.372 e. The van der Waals surface area contributed by atoms with Crippen molar-refractivity contribution in [3.8, 4) is 0 Å². The molecule has 0 radical (unpaired) electrons. The molecule has 1 aliphatic rings. The summed E-state index contributed by atoms with van der Waals surface area (Å²) in [5.74, 6) is -0.705. The van der Waals surface area contributed by atoms with Gasteiger partial charge in [-0.1, -0.05) is 12.1 Å². The van der Waals surface area contributed by atoms with Crippen molar-refractivity contribution in [3.05, 3.63) is 42.2 Å². The van der Waals surface area contributed by atoms with Gasteiger partial charge in [0.2, 0.25) is 0 Å². The van der Waals surface area contributed by atoms with Crippen molar-refractivity contribution >= 4 is 11.5 Å². The van der Waals surface area contributed by atoms with Gasteiger partial charge in [-0.3, -0.25) is 4.79 Å². The van der Waals surface area contributed by atoms with Crippen molar-refractivity contribution in [3.63, 3.8) is 0 Å². The number of hydrogen-bond acceptors (Lipinski definition) is 3. The van der Waals surface area contributed by atoms with Crippen molar-refractivity contribution in [1.82, 2.24) is 0 Å². The molecular weight excluding hydrogens is 245 g/mol. The zero-order valence-corrected chi connectivity index (χ0v) is 11.1. The molecule has 0 aliphatic carbocycles. The topological polar surface area (TPSA) is 29.5 Å². The lowest BCUT2D eigenvalue weighted by Gasteiger charge is -2.21. The maximum atomic E-state index is 13.8. The maximum Gasteiger partial charge on any atom is 0.164 e. The SMILES string of the molecule is C=CCOC1CCN(c2cccc(F)c2C(C)=O)C1. The number of ether oxygens (including phenoxy) is 1. The molecule has 1 heterocycles. The third-order valence-electron chi connectivity index (χ3n) is 3.28. The first kappa shape index (κ1) is 13.7. The molecule has 0 N–H and O–H groups in total. The highest BCUT2D eigenvalue weighted by atomic mass is 19.1. The number of carbonyl (C=O) groups excluding carboxylic acids is 1. The lowest BCUT2D eigenvalue weighted by Crippen LogP contribution is -2.25. The molecule has 1 atom stereocenters. The summed E-state index contributed by atoms with van der Waals surface area (Å²) < 4.78 is 19.4. The van der Waals surface area contributed by atoms with Gasteiger partial charge in [0.05, 0.1) is 24.0 Å².